The van der Waals surface area contributed by atoms with Crippen LogP contribution in [0.5, 0.6) is 0 Å². The summed E-state index contributed by atoms with van der Waals surface area (Å²) in [5.74, 6) is -1.98. The Hall–Kier alpha value is -3.02. The van der Waals surface area contributed by atoms with Gasteiger partial charge in [-0.25, -0.2) is 4.79 Å². The number of hydroxylamine groups is 2. The van der Waals surface area contributed by atoms with E-state index in [0.717, 1.165) is 5.56 Å². The van der Waals surface area contributed by atoms with Gasteiger partial charge in [0.25, 0.3) is 11.8 Å². The number of carbonyl (C=O) groups is 3. The summed E-state index contributed by atoms with van der Waals surface area (Å²) in [6, 6.07) is 9.98. The third-order valence-corrected chi connectivity index (χ3v) is 3.70. The van der Waals surface area contributed by atoms with Crippen LogP contribution in [0.15, 0.2) is 48.8 Å². The maximum atomic E-state index is 12.1. The molecule has 0 saturated heterocycles. The standard InChI is InChI=1S/C17H14N2O4/c1-11(12-6-8-18-9-7-12)10-15(20)23-19-16(21)13-4-2-3-5-14(13)17(19)22/h2-9,11H,10H2,1H3. The Morgan fingerprint density at radius 1 is 1.09 bits per heavy atom. The van der Waals surface area contributed by atoms with Gasteiger partial charge in [0.05, 0.1) is 17.5 Å². The van der Waals surface area contributed by atoms with E-state index in [1.165, 1.54) is 12.1 Å². The van der Waals surface area contributed by atoms with Crippen LogP contribution < -0.4 is 0 Å². The number of rotatable bonds is 4. The molecule has 0 saturated carbocycles. The number of carbonyl (C=O) groups excluding carboxylic acids is 3. The zero-order chi connectivity index (χ0) is 16.4. The Morgan fingerprint density at radius 3 is 2.22 bits per heavy atom. The molecule has 1 aromatic heterocycles. The van der Waals surface area contributed by atoms with Gasteiger partial charge in [0.15, 0.2) is 0 Å². The quantitative estimate of drug-likeness (QED) is 0.810. The summed E-state index contributed by atoms with van der Waals surface area (Å²) in [5.41, 5.74) is 1.42. The van der Waals surface area contributed by atoms with Crippen molar-refractivity contribution in [1.29, 1.82) is 0 Å². The van der Waals surface area contributed by atoms with Crippen molar-refractivity contribution in [3.05, 3.63) is 65.5 Å². The molecule has 2 amide bonds. The fourth-order valence-corrected chi connectivity index (χ4v) is 2.45. The van der Waals surface area contributed by atoms with Gasteiger partial charge in [-0.2, -0.15) is 0 Å². The number of aromatic nitrogens is 1. The van der Waals surface area contributed by atoms with E-state index in [1.807, 2.05) is 6.92 Å². The van der Waals surface area contributed by atoms with Crippen LogP contribution in [0.25, 0.3) is 0 Å². The topological polar surface area (TPSA) is 76.6 Å². The summed E-state index contributed by atoms with van der Waals surface area (Å²) < 4.78 is 0. The molecule has 116 valence electrons. The van der Waals surface area contributed by atoms with E-state index >= 15 is 0 Å². The van der Waals surface area contributed by atoms with E-state index < -0.39 is 17.8 Å². The fraction of sp³-hybridized carbons (Fsp3) is 0.176. The first-order valence-electron chi connectivity index (χ1n) is 7.16. The van der Waals surface area contributed by atoms with Crippen molar-refractivity contribution in [2.45, 2.75) is 19.3 Å². The van der Waals surface area contributed by atoms with Gasteiger partial charge in [0.1, 0.15) is 0 Å². The smallest absolute Gasteiger partial charge is 0.330 e. The number of hydrogen-bond acceptors (Lipinski definition) is 5. The van der Waals surface area contributed by atoms with Crippen molar-refractivity contribution in [2.75, 3.05) is 0 Å². The molecule has 23 heavy (non-hydrogen) atoms. The molecule has 0 N–H and O–H groups in total. The average molecular weight is 310 g/mol. The minimum Gasteiger partial charge on any atom is -0.330 e. The summed E-state index contributed by atoms with van der Waals surface area (Å²) in [5, 5.41) is 0.534. The van der Waals surface area contributed by atoms with Gasteiger partial charge in [0.2, 0.25) is 0 Å². The lowest BCUT2D eigenvalue weighted by Crippen LogP contribution is -2.33. The largest absolute Gasteiger partial charge is 0.333 e. The number of imide groups is 1. The number of amides is 2. The molecule has 1 unspecified atom stereocenters. The Labute approximate surface area is 132 Å². The summed E-state index contributed by atoms with van der Waals surface area (Å²) in [4.78, 5) is 45.2. The van der Waals surface area contributed by atoms with Gasteiger partial charge >= 0.3 is 5.97 Å². The Kier molecular flexibility index (Phi) is 3.89. The molecule has 0 spiro atoms. The second kappa shape index (κ2) is 6.00. The van der Waals surface area contributed by atoms with Crippen LogP contribution in [0, 0.1) is 0 Å². The van der Waals surface area contributed by atoms with Gasteiger partial charge in [-0.1, -0.05) is 24.1 Å². The lowest BCUT2D eigenvalue weighted by atomic mass is 9.99. The number of pyridine rings is 1. The molecular weight excluding hydrogens is 296 g/mol. The summed E-state index contributed by atoms with van der Waals surface area (Å²) in [6.07, 6.45) is 3.33. The van der Waals surface area contributed by atoms with Crippen molar-refractivity contribution in [3.8, 4) is 0 Å². The highest BCUT2D eigenvalue weighted by Crippen LogP contribution is 2.24. The van der Waals surface area contributed by atoms with Gasteiger partial charge < -0.3 is 4.84 Å². The highest BCUT2D eigenvalue weighted by Gasteiger charge is 2.38. The molecule has 2 aromatic rings. The van der Waals surface area contributed by atoms with E-state index in [4.69, 9.17) is 4.84 Å². The second-order valence-corrected chi connectivity index (χ2v) is 5.30. The van der Waals surface area contributed by atoms with Crippen LogP contribution >= 0.6 is 0 Å². The van der Waals surface area contributed by atoms with E-state index in [2.05, 4.69) is 4.98 Å². The van der Waals surface area contributed by atoms with Gasteiger partial charge in [-0.15, -0.1) is 0 Å². The molecule has 6 nitrogen and oxygen atoms in total. The zero-order valence-electron chi connectivity index (χ0n) is 12.4. The average Bonchev–Trinajstić information content (AvgIpc) is 2.81. The molecule has 3 rings (SSSR count). The summed E-state index contributed by atoms with van der Waals surface area (Å²) in [6.45, 7) is 1.86. The molecule has 1 aromatic carbocycles. The first-order valence-corrected chi connectivity index (χ1v) is 7.16. The highest BCUT2D eigenvalue weighted by atomic mass is 16.7. The molecule has 1 aliphatic rings. The predicted molar refractivity (Wildman–Crippen MR) is 80.3 cm³/mol. The Morgan fingerprint density at radius 2 is 1.65 bits per heavy atom. The molecule has 0 aliphatic carbocycles. The van der Waals surface area contributed by atoms with Gasteiger partial charge in [0, 0.05) is 12.4 Å². The molecule has 1 atom stereocenters. The van der Waals surface area contributed by atoms with Gasteiger partial charge in [-0.3, -0.25) is 14.6 Å². The number of fused-ring (bicyclic) bond motifs is 1. The lowest BCUT2D eigenvalue weighted by molar-refractivity contribution is -0.168. The first-order chi connectivity index (χ1) is 11.1. The monoisotopic (exact) mass is 310 g/mol. The van der Waals surface area contributed by atoms with Crippen molar-refractivity contribution in [3.63, 3.8) is 0 Å². The molecule has 6 heteroatoms. The molecular formula is C17H14N2O4. The van der Waals surface area contributed by atoms with E-state index in [-0.39, 0.29) is 23.5 Å². The first kappa shape index (κ1) is 14.9. The second-order valence-electron chi connectivity index (χ2n) is 5.30. The minimum absolute atomic E-state index is 0.0530. The van der Waals surface area contributed by atoms with Crippen molar-refractivity contribution >= 4 is 17.8 Å². The predicted octanol–water partition coefficient (Wildman–Crippen LogP) is 2.33. The maximum absolute atomic E-state index is 12.1. The van der Waals surface area contributed by atoms with Crippen molar-refractivity contribution in [2.24, 2.45) is 0 Å². The lowest BCUT2D eigenvalue weighted by Gasteiger charge is -2.15. The van der Waals surface area contributed by atoms with Crippen LogP contribution in [-0.4, -0.2) is 27.8 Å². The summed E-state index contributed by atoms with van der Waals surface area (Å²) >= 11 is 0. The number of nitrogens with zero attached hydrogens (tertiary/aromatic N) is 2. The van der Waals surface area contributed by atoms with Crippen LogP contribution in [0.3, 0.4) is 0 Å². The summed E-state index contributed by atoms with van der Waals surface area (Å²) in [7, 11) is 0. The normalized spacial score (nSPS) is 14.6. The van der Waals surface area contributed by atoms with Crippen LogP contribution in [-0.2, 0) is 9.63 Å². The van der Waals surface area contributed by atoms with Crippen LogP contribution in [0.2, 0.25) is 0 Å². The Bertz CT molecular complexity index is 738. The van der Waals surface area contributed by atoms with E-state index in [0.29, 0.717) is 5.06 Å². The van der Waals surface area contributed by atoms with Crippen molar-refractivity contribution in [1.82, 2.24) is 10.0 Å². The SMILES string of the molecule is CC(CC(=O)ON1C(=O)c2ccccc2C1=O)c1ccncc1. The van der Waals surface area contributed by atoms with E-state index in [1.54, 1.807) is 36.7 Å². The molecule has 0 radical (unpaired) electrons. The van der Waals surface area contributed by atoms with Crippen LogP contribution in [0.4, 0.5) is 0 Å². The van der Waals surface area contributed by atoms with Crippen LogP contribution in [0.1, 0.15) is 45.5 Å². The molecule has 0 bridgehead atoms. The number of benzene rings is 1. The molecule has 0 fully saturated rings. The third-order valence-electron chi connectivity index (χ3n) is 3.70. The molecule has 2 heterocycles. The van der Waals surface area contributed by atoms with Gasteiger partial charge in [-0.05, 0) is 35.7 Å². The molecule has 1 aliphatic heterocycles. The zero-order valence-corrected chi connectivity index (χ0v) is 12.4. The van der Waals surface area contributed by atoms with E-state index in [9.17, 15) is 14.4 Å². The minimum atomic E-state index is -0.635. The van der Waals surface area contributed by atoms with Crippen molar-refractivity contribution < 1.29 is 19.2 Å². The highest BCUT2D eigenvalue weighted by molar-refractivity contribution is 6.20. The number of hydrogen-bond donors (Lipinski definition) is 0. The third kappa shape index (κ3) is 2.83. The fourth-order valence-electron chi connectivity index (χ4n) is 2.45. The Balaban J connectivity index is 1.68. The maximum Gasteiger partial charge on any atom is 0.333 e.